The minimum atomic E-state index is -0.424. The summed E-state index contributed by atoms with van der Waals surface area (Å²) in [4.78, 5) is 22.4. The highest BCUT2D eigenvalue weighted by Crippen LogP contribution is 2.33. The zero-order chi connectivity index (χ0) is 15.5. The lowest BCUT2D eigenvalue weighted by Crippen LogP contribution is -2.42. The predicted molar refractivity (Wildman–Crippen MR) is 89.5 cm³/mol. The van der Waals surface area contributed by atoms with Crippen molar-refractivity contribution in [1.29, 1.82) is 0 Å². The first-order valence-corrected chi connectivity index (χ1v) is 7.90. The first-order valence-electron chi connectivity index (χ1n) is 7.90. The van der Waals surface area contributed by atoms with Crippen LogP contribution >= 0.6 is 12.4 Å². The van der Waals surface area contributed by atoms with Gasteiger partial charge >= 0.3 is 0 Å². The molecule has 3 unspecified atom stereocenters. The minimum Gasteiger partial charge on any atom is -0.351 e. The van der Waals surface area contributed by atoms with Gasteiger partial charge in [0.1, 0.15) is 0 Å². The molecule has 1 aromatic rings. The maximum Gasteiger partial charge on any atom is 0.269 e. The summed E-state index contributed by atoms with van der Waals surface area (Å²) in [5.74, 6) is 0.677. The topological polar surface area (TPSA) is 84.3 Å². The van der Waals surface area contributed by atoms with Crippen LogP contribution < -0.4 is 10.6 Å². The van der Waals surface area contributed by atoms with Crippen molar-refractivity contribution in [3.63, 3.8) is 0 Å². The van der Waals surface area contributed by atoms with Crippen molar-refractivity contribution in [2.75, 3.05) is 0 Å². The zero-order valence-electron chi connectivity index (χ0n) is 12.9. The van der Waals surface area contributed by atoms with Crippen LogP contribution in [-0.4, -0.2) is 22.9 Å². The molecular weight excluding hydrogens is 318 g/mol. The molecule has 3 rings (SSSR count). The van der Waals surface area contributed by atoms with Gasteiger partial charge in [0.05, 0.1) is 11.0 Å². The molecule has 1 aliphatic carbocycles. The summed E-state index contributed by atoms with van der Waals surface area (Å²) >= 11 is 0. The number of nitrogens with one attached hydrogen (secondary N) is 2. The monoisotopic (exact) mass is 339 g/mol. The first-order chi connectivity index (χ1) is 10.6. The number of hydrogen-bond donors (Lipinski definition) is 2. The van der Waals surface area contributed by atoms with Crippen molar-refractivity contribution >= 4 is 24.0 Å². The van der Waals surface area contributed by atoms with Crippen LogP contribution in [0.15, 0.2) is 24.3 Å². The molecular formula is C16H22ClN3O3. The Morgan fingerprint density at radius 2 is 1.96 bits per heavy atom. The molecule has 2 fully saturated rings. The highest BCUT2D eigenvalue weighted by molar-refractivity contribution is 5.85. The zero-order valence-corrected chi connectivity index (χ0v) is 13.7. The van der Waals surface area contributed by atoms with Crippen LogP contribution in [0.3, 0.4) is 0 Å². The van der Waals surface area contributed by atoms with Gasteiger partial charge in [-0.1, -0.05) is 25.0 Å². The van der Waals surface area contributed by atoms with Crippen molar-refractivity contribution in [3.05, 3.63) is 39.9 Å². The van der Waals surface area contributed by atoms with Crippen LogP contribution in [0.5, 0.6) is 0 Å². The summed E-state index contributed by atoms with van der Waals surface area (Å²) < 4.78 is 0. The molecule has 0 spiro atoms. The fraction of sp³-hybridized carbons (Fsp3) is 0.562. The van der Waals surface area contributed by atoms with Gasteiger partial charge in [0.25, 0.3) is 5.69 Å². The normalized spacial score (nSPS) is 26.0. The Hall–Kier alpha value is -1.66. The Bertz CT molecular complexity index is 550. The molecule has 2 N–H and O–H groups in total. The number of fused-ring (bicyclic) bond motifs is 1. The second kappa shape index (κ2) is 7.75. The second-order valence-electron chi connectivity index (χ2n) is 6.25. The van der Waals surface area contributed by atoms with Gasteiger partial charge < -0.3 is 10.6 Å². The largest absolute Gasteiger partial charge is 0.351 e. The Kier molecular flexibility index (Phi) is 5.96. The average Bonchev–Trinajstić information content (AvgIpc) is 2.97. The predicted octanol–water partition coefficient (Wildman–Crippen LogP) is 2.55. The third-order valence-corrected chi connectivity index (χ3v) is 4.79. The van der Waals surface area contributed by atoms with E-state index < -0.39 is 4.92 Å². The molecule has 1 heterocycles. The van der Waals surface area contributed by atoms with E-state index in [4.69, 9.17) is 0 Å². The Balaban J connectivity index is 0.00000192. The number of halogens is 1. The van der Waals surface area contributed by atoms with E-state index in [2.05, 4.69) is 10.6 Å². The smallest absolute Gasteiger partial charge is 0.269 e. The summed E-state index contributed by atoms with van der Waals surface area (Å²) in [6.45, 7) is 0.407. The quantitative estimate of drug-likeness (QED) is 0.652. The molecule has 0 aromatic heterocycles. The Morgan fingerprint density at radius 3 is 2.61 bits per heavy atom. The van der Waals surface area contributed by atoms with Gasteiger partial charge in [-0.3, -0.25) is 14.9 Å². The lowest BCUT2D eigenvalue weighted by atomic mass is 9.85. The number of nitrogens with zero attached hydrogens (tertiary/aromatic N) is 1. The van der Waals surface area contributed by atoms with Gasteiger partial charge in [0.2, 0.25) is 5.91 Å². The van der Waals surface area contributed by atoms with Crippen LogP contribution in [-0.2, 0) is 11.3 Å². The molecule has 1 saturated heterocycles. The number of carbonyl (C=O) groups is 1. The van der Waals surface area contributed by atoms with Crippen LogP contribution in [0.1, 0.15) is 37.7 Å². The van der Waals surface area contributed by atoms with Crippen molar-refractivity contribution < 1.29 is 9.72 Å². The maximum absolute atomic E-state index is 12.3. The number of hydrogen-bond acceptors (Lipinski definition) is 4. The van der Waals surface area contributed by atoms with Gasteiger partial charge in [-0.05, 0) is 30.7 Å². The van der Waals surface area contributed by atoms with Crippen molar-refractivity contribution in [1.82, 2.24) is 10.6 Å². The van der Waals surface area contributed by atoms with E-state index in [0.717, 1.165) is 12.0 Å². The van der Waals surface area contributed by atoms with Gasteiger partial charge in [0.15, 0.2) is 0 Å². The standard InChI is InChI=1S/C16H21N3O3.ClH/c20-16(15-9-12-3-1-2-4-14(12)18-15)17-10-11-5-7-13(8-6-11)19(21)22;/h5-8,12,14-15,18H,1-4,9-10H2,(H,17,20);1H. The highest BCUT2D eigenvalue weighted by Gasteiger charge is 2.37. The van der Waals surface area contributed by atoms with Crippen LogP contribution in [0.25, 0.3) is 0 Å². The Labute approximate surface area is 141 Å². The molecule has 6 nitrogen and oxygen atoms in total. The summed E-state index contributed by atoms with van der Waals surface area (Å²) in [6.07, 6.45) is 5.86. The van der Waals surface area contributed by atoms with E-state index in [0.29, 0.717) is 18.5 Å². The number of carbonyl (C=O) groups excluding carboxylic acids is 1. The van der Waals surface area contributed by atoms with E-state index in [1.165, 1.54) is 37.8 Å². The van der Waals surface area contributed by atoms with E-state index >= 15 is 0 Å². The lowest BCUT2D eigenvalue weighted by molar-refractivity contribution is -0.384. The first kappa shape index (κ1) is 17.7. The van der Waals surface area contributed by atoms with Crippen molar-refractivity contribution in [2.24, 2.45) is 5.92 Å². The molecule has 3 atom stereocenters. The van der Waals surface area contributed by atoms with Gasteiger partial charge in [-0.25, -0.2) is 0 Å². The molecule has 2 aliphatic rings. The number of rotatable bonds is 4. The van der Waals surface area contributed by atoms with Crippen LogP contribution in [0.4, 0.5) is 5.69 Å². The van der Waals surface area contributed by atoms with Crippen LogP contribution in [0.2, 0.25) is 0 Å². The molecule has 1 aromatic carbocycles. The molecule has 0 radical (unpaired) electrons. The molecule has 23 heavy (non-hydrogen) atoms. The minimum absolute atomic E-state index is 0. The van der Waals surface area contributed by atoms with E-state index in [-0.39, 0.29) is 30.0 Å². The fourth-order valence-electron chi connectivity index (χ4n) is 3.57. The number of benzene rings is 1. The summed E-state index contributed by atoms with van der Waals surface area (Å²) in [7, 11) is 0. The Morgan fingerprint density at radius 1 is 1.26 bits per heavy atom. The van der Waals surface area contributed by atoms with Crippen molar-refractivity contribution in [2.45, 2.75) is 50.7 Å². The summed E-state index contributed by atoms with van der Waals surface area (Å²) in [6, 6.07) is 6.70. The second-order valence-corrected chi connectivity index (χ2v) is 6.25. The number of non-ortho nitro benzene ring substituents is 1. The highest BCUT2D eigenvalue weighted by atomic mass is 35.5. The number of amides is 1. The molecule has 1 aliphatic heterocycles. The third-order valence-electron chi connectivity index (χ3n) is 4.79. The summed E-state index contributed by atoms with van der Waals surface area (Å²) in [5.41, 5.74) is 0.936. The molecule has 1 amide bonds. The lowest BCUT2D eigenvalue weighted by Gasteiger charge is -2.24. The number of nitro groups is 1. The van der Waals surface area contributed by atoms with Gasteiger partial charge in [-0.2, -0.15) is 0 Å². The van der Waals surface area contributed by atoms with Crippen LogP contribution in [0, 0.1) is 16.0 Å². The van der Waals surface area contributed by atoms with E-state index in [1.807, 2.05) is 0 Å². The van der Waals surface area contributed by atoms with E-state index in [9.17, 15) is 14.9 Å². The summed E-state index contributed by atoms with van der Waals surface area (Å²) in [5, 5.41) is 17.0. The molecule has 0 bridgehead atoms. The maximum atomic E-state index is 12.3. The van der Waals surface area contributed by atoms with E-state index in [1.54, 1.807) is 12.1 Å². The molecule has 126 valence electrons. The SMILES string of the molecule is Cl.O=C(NCc1ccc([N+](=O)[O-])cc1)C1CC2CCCCC2N1. The number of nitro benzene ring substituents is 1. The van der Waals surface area contributed by atoms with Crippen molar-refractivity contribution in [3.8, 4) is 0 Å². The molecule has 1 saturated carbocycles. The fourth-order valence-corrected chi connectivity index (χ4v) is 3.57. The van der Waals surface area contributed by atoms with Gasteiger partial charge in [-0.15, -0.1) is 12.4 Å². The molecule has 7 heteroatoms. The van der Waals surface area contributed by atoms with Gasteiger partial charge in [0, 0.05) is 24.7 Å². The third kappa shape index (κ3) is 4.20. The average molecular weight is 340 g/mol.